The molecular weight excluding hydrogens is 276 g/mol. The van der Waals surface area contributed by atoms with Gasteiger partial charge in [0.15, 0.2) is 0 Å². The van der Waals surface area contributed by atoms with Gasteiger partial charge in [-0.25, -0.2) is 0 Å². The first-order valence-corrected chi connectivity index (χ1v) is 7.46. The average molecular weight is 299 g/mol. The summed E-state index contributed by atoms with van der Waals surface area (Å²) >= 11 is 6.28. The van der Waals surface area contributed by atoms with E-state index < -0.39 is 0 Å². The molecule has 1 fully saturated rings. The van der Waals surface area contributed by atoms with E-state index >= 15 is 0 Å². The molecule has 2 unspecified atom stereocenters. The zero-order valence-electron chi connectivity index (χ0n) is 12.8. The van der Waals surface area contributed by atoms with Gasteiger partial charge in [-0.1, -0.05) is 25.4 Å². The third-order valence-electron chi connectivity index (χ3n) is 3.61. The van der Waals surface area contributed by atoms with Crippen LogP contribution in [0.4, 0.5) is 0 Å². The Hall–Kier alpha value is -1.07. The Labute approximate surface area is 125 Å². The summed E-state index contributed by atoms with van der Waals surface area (Å²) in [6, 6.07) is 0.585. The fourth-order valence-corrected chi connectivity index (χ4v) is 2.99. The number of aromatic nitrogens is 2. The first-order valence-electron chi connectivity index (χ1n) is 7.09. The van der Waals surface area contributed by atoms with Gasteiger partial charge < -0.3 is 10.2 Å². The molecule has 2 rings (SSSR count). The van der Waals surface area contributed by atoms with E-state index in [4.69, 9.17) is 11.6 Å². The molecule has 0 spiro atoms. The van der Waals surface area contributed by atoms with Crippen LogP contribution in [0.2, 0.25) is 5.15 Å². The molecule has 1 saturated heterocycles. The number of rotatable bonds is 2. The van der Waals surface area contributed by atoms with Crippen LogP contribution in [0.15, 0.2) is 0 Å². The van der Waals surface area contributed by atoms with Crippen LogP contribution in [0.25, 0.3) is 0 Å². The standard InChI is InChI=1S/C14H23ClN4O/c1-8(2)12-11(13(15)18(5)17-12)14(20)19-6-9(3)16-10(4)7-19/h8-10,16H,6-7H2,1-5H3. The van der Waals surface area contributed by atoms with E-state index in [0.717, 1.165) is 5.69 Å². The maximum Gasteiger partial charge on any atom is 0.259 e. The Kier molecular flexibility index (Phi) is 4.39. The van der Waals surface area contributed by atoms with E-state index in [0.29, 0.717) is 35.9 Å². The number of aryl methyl sites for hydroxylation is 1. The summed E-state index contributed by atoms with van der Waals surface area (Å²) in [6.07, 6.45) is 0. The second-order valence-electron chi connectivity index (χ2n) is 6.01. The number of amides is 1. The van der Waals surface area contributed by atoms with Gasteiger partial charge in [0.2, 0.25) is 0 Å². The Balaban J connectivity index is 2.33. The molecule has 0 aromatic carbocycles. The summed E-state index contributed by atoms with van der Waals surface area (Å²) in [7, 11) is 1.77. The van der Waals surface area contributed by atoms with Gasteiger partial charge in [0.05, 0.1) is 11.3 Å². The molecular formula is C14H23ClN4O. The predicted molar refractivity (Wildman–Crippen MR) is 80.3 cm³/mol. The fourth-order valence-electron chi connectivity index (χ4n) is 2.78. The van der Waals surface area contributed by atoms with Gasteiger partial charge in [-0.05, 0) is 19.8 Å². The number of carbonyl (C=O) groups is 1. The summed E-state index contributed by atoms with van der Waals surface area (Å²) < 4.78 is 1.58. The molecule has 5 nitrogen and oxygen atoms in total. The summed E-state index contributed by atoms with van der Waals surface area (Å²) in [5.41, 5.74) is 1.34. The Morgan fingerprint density at radius 2 is 1.90 bits per heavy atom. The van der Waals surface area contributed by atoms with E-state index in [2.05, 4.69) is 24.3 Å². The van der Waals surface area contributed by atoms with Gasteiger partial charge in [0.25, 0.3) is 5.91 Å². The molecule has 112 valence electrons. The van der Waals surface area contributed by atoms with Crippen molar-refractivity contribution in [3.63, 3.8) is 0 Å². The lowest BCUT2D eigenvalue weighted by Gasteiger charge is -2.36. The van der Waals surface area contributed by atoms with Crippen LogP contribution in [0.1, 0.15) is 49.7 Å². The Morgan fingerprint density at radius 3 is 2.40 bits per heavy atom. The number of hydrogen-bond acceptors (Lipinski definition) is 3. The molecule has 0 saturated carbocycles. The molecule has 1 N–H and O–H groups in total. The molecule has 1 aromatic rings. The highest BCUT2D eigenvalue weighted by molar-refractivity contribution is 6.33. The highest BCUT2D eigenvalue weighted by Crippen LogP contribution is 2.27. The van der Waals surface area contributed by atoms with Crippen LogP contribution < -0.4 is 5.32 Å². The van der Waals surface area contributed by atoms with Gasteiger partial charge in [-0.2, -0.15) is 5.10 Å². The van der Waals surface area contributed by atoms with Crippen molar-refractivity contribution >= 4 is 17.5 Å². The number of nitrogens with one attached hydrogen (secondary N) is 1. The zero-order valence-corrected chi connectivity index (χ0v) is 13.5. The molecule has 1 aromatic heterocycles. The van der Waals surface area contributed by atoms with Gasteiger partial charge in [-0.15, -0.1) is 0 Å². The first kappa shape index (κ1) is 15.3. The molecule has 2 heterocycles. The maximum atomic E-state index is 12.8. The number of piperazine rings is 1. The molecule has 0 aliphatic carbocycles. The Morgan fingerprint density at radius 1 is 1.35 bits per heavy atom. The Bertz CT molecular complexity index is 502. The van der Waals surface area contributed by atoms with Gasteiger partial charge in [0.1, 0.15) is 5.15 Å². The molecule has 20 heavy (non-hydrogen) atoms. The number of hydrogen-bond donors (Lipinski definition) is 1. The SMILES string of the molecule is CC1CN(C(=O)c2c(C(C)C)nn(C)c2Cl)CC(C)N1. The van der Waals surface area contributed by atoms with Gasteiger partial charge >= 0.3 is 0 Å². The van der Waals surface area contributed by atoms with E-state index in [1.807, 2.05) is 18.7 Å². The second-order valence-corrected chi connectivity index (χ2v) is 6.37. The van der Waals surface area contributed by atoms with E-state index in [1.165, 1.54) is 0 Å². The van der Waals surface area contributed by atoms with E-state index in [9.17, 15) is 4.79 Å². The van der Waals surface area contributed by atoms with Crippen molar-refractivity contribution in [1.29, 1.82) is 0 Å². The molecule has 1 aliphatic rings. The largest absolute Gasteiger partial charge is 0.335 e. The normalized spacial score (nSPS) is 23.4. The van der Waals surface area contributed by atoms with Crippen molar-refractivity contribution in [2.24, 2.45) is 7.05 Å². The van der Waals surface area contributed by atoms with E-state index in [1.54, 1.807) is 11.7 Å². The fraction of sp³-hybridized carbons (Fsp3) is 0.714. The quantitative estimate of drug-likeness (QED) is 0.909. The summed E-state index contributed by atoms with van der Waals surface area (Å²) in [4.78, 5) is 14.7. The van der Waals surface area contributed by atoms with Gasteiger partial charge in [-0.3, -0.25) is 9.48 Å². The summed E-state index contributed by atoms with van der Waals surface area (Å²) in [6.45, 7) is 9.63. The molecule has 6 heteroatoms. The van der Waals surface area contributed by atoms with E-state index in [-0.39, 0.29) is 11.8 Å². The van der Waals surface area contributed by atoms with Crippen molar-refractivity contribution in [2.75, 3.05) is 13.1 Å². The highest BCUT2D eigenvalue weighted by atomic mass is 35.5. The molecule has 0 radical (unpaired) electrons. The van der Waals surface area contributed by atoms with Crippen LogP contribution in [0, 0.1) is 0 Å². The molecule has 2 atom stereocenters. The average Bonchev–Trinajstić information content (AvgIpc) is 2.64. The smallest absolute Gasteiger partial charge is 0.259 e. The minimum absolute atomic E-state index is 0.00741. The van der Waals surface area contributed by atoms with Gasteiger partial charge in [0, 0.05) is 32.2 Å². The van der Waals surface area contributed by atoms with Crippen LogP contribution in [0.5, 0.6) is 0 Å². The van der Waals surface area contributed by atoms with Crippen LogP contribution >= 0.6 is 11.6 Å². The first-order chi connectivity index (χ1) is 9.31. The monoisotopic (exact) mass is 298 g/mol. The third-order valence-corrected chi connectivity index (χ3v) is 4.04. The zero-order chi connectivity index (χ0) is 15.0. The van der Waals surface area contributed by atoms with Crippen molar-refractivity contribution < 1.29 is 4.79 Å². The lowest BCUT2D eigenvalue weighted by Crippen LogP contribution is -2.55. The molecule has 0 bridgehead atoms. The number of carbonyl (C=O) groups excluding carboxylic acids is 1. The topological polar surface area (TPSA) is 50.2 Å². The van der Waals surface area contributed by atoms with Crippen molar-refractivity contribution in [3.05, 3.63) is 16.4 Å². The third kappa shape index (κ3) is 2.83. The van der Waals surface area contributed by atoms with Crippen molar-refractivity contribution in [2.45, 2.75) is 45.7 Å². The molecule has 1 aliphatic heterocycles. The predicted octanol–water partition coefficient (Wildman–Crippen LogP) is 2.02. The number of halogens is 1. The lowest BCUT2D eigenvalue weighted by atomic mass is 10.0. The van der Waals surface area contributed by atoms with Crippen molar-refractivity contribution in [1.82, 2.24) is 20.0 Å². The number of nitrogens with zero attached hydrogens (tertiary/aromatic N) is 3. The maximum absolute atomic E-state index is 12.8. The van der Waals surface area contributed by atoms with Crippen molar-refractivity contribution in [3.8, 4) is 0 Å². The van der Waals surface area contributed by atoms with Crippen LogP contribution in [-0.4, -0.2) is 45.8 Å². The minimum atomic E-state index is -0.00741. The highest BCUT2D eigenvalue weighted by Gasteiger charge is 2.31. The van der Waals surface area contributed by atoms with Crippen LogP contribution in [0.3, 0.4) is 0 Å². The molecule has 1 amide bonds. The second kappa shape index (κ2) is 5.74. The lowest BCUT2D eigenvalue weighted by molar-refractivity contribution is 0.0672. The van der Waals surface area contributed by atoms with Crippen LogP contribution in [-0.2, 0) is 7.05 Å². The summed E-state index contributed by atoms with van der Waals surface area (Å²) in [5, 5.41) is 8.24. The minimum Gasteiger partial charge on any atom is -0.335 e. The summed E-state index contributed by atoms with van der Waals surface area (Å²) in [5.74, 6) is 0.164.